The van der Waals surface area contributed by atoms with Gasteiger partial charge in [-0.05, 0) is 54.2 Å². The van der Waals surface area contributed by atoms with E-state index in [1.807, 2.05) is 0 Å². The number of thiocarbonyl (C=S) groups is 1. The zero-order chi connectivity index (χ0) is 20.7. The summed E-state index contributed by atoms with van der Waals surface area (Å²) >= 11 is 10.7. The molecule has 0 spiro atoms. The summed E-state index contributed by atoms with van der Waals surface area (Å²) in [6, 6.07) is 10.9. The summed E-state index contributed by atoms with van der Waals surface area (Å²) in [6.45, 7) is 1.35. The van der Waals surface area contributed by atoms with Crippen LogP contribution in [0.4, 0.5) is 17.1 Å². The predicted molar refractivity (Wildman–Crippen MR) is 112 cm³/mol. The Balaban J connectivity index is 1.97. The number of nitro benzene ring substituents is 1. The second-order valence-corrected chi connectivity index (χ2v) is 6.32. The van der Waals surface area contributed by atoms with Gasteiger partial charge in [-0.1, -0.05) is 17.7 Å². The fraction of sp³-hybridized carbons (Fsp3) is 0.0556. The van der Waals surface area contributed by atoms with Gasteiger partial charge in [0.2, 0.25) is 11.8 Å². The van der Waals surface area contributed by atoms with Crippen molar-refractivity contribution in [3.63, 3.8) is 0 Å². The number of nitrogens with one attached hydrogen (secondary N) is 3. The number of anilines is 2. The highest BCUT2D eigenvalue weighted by Crippen LogP contribution is 2.25. The maximum Gasteiger partial charge on any atom is 0.288 e. The van der Waals surface area contributed by atoms with Crippen LogP contribution in [-0.4, -0.2) is 21.9 Å². The molecule has 0 aliphatic heterocycles. The average Bonchev–Trinajstić information content (AvgIpc) is 2.61. The van der Waals surface area contributed by atoms with Gasteiger partial charge in [0.15, 0.2) is 5.11 Å². The van der Waals surface area contributed by atoms with Crippen molar-refractivity contribution in [2.45, 2.75) is 6.92 Å². The van der Waals surface area contributed by atoms with Crippen molar-refractivity contribution in [3.05, 3.63) is 69.2 Å². The second-order valence-electron chi connectivity index (χ2n) is 5.50. The molecule has 0 heterocycles. The fourth-order valence-corrected chi connectivity index (χ4v) is 2.54. The molecule has 0 bridgehead atoms. The lowest BCUT2D eigenvalue weighted by atomic mass is 10.2. The first-order valence-corrected chi connectivity index (χ1v) is 8.65. The first-order valence-electron chi connectivity index (χ1n) is 7.86. The zero-order valence-corrected chi connectivity index (χ0v) is 16.1. The maximum atomic E-state index is 12.0. The molecule has 2 aromatic rings. The molecule has 8 nitrogen and oxygen atoms in total. The van der Waals surface area contributed by atoms with E-state index in [1.165, 1.54) is 31.2 Å². The van der Waals surface area contributed by atoms with Gasteiger partial charge >= 0.3 is 0 Å². The van der Waals surface area contributed by atoms with Crippen LogP contribution < -0.4 is 16.0 Å². The van der Waals surface area contributed by atoms with Crippen molar-refractivity contribution < 1.29 is 14.5 Å². The molecular formula is C18H15ClN4O4S. The Morgan fingerprint density at radius 2 is 1.71 bits per heavy atom. The van der Waals surface area contributed by atoms with Crippen molar-refractivity contribution >= 4 is 63.9 Å². The number of benzene rings is 2. The van der Waals surface area contributed by atoms with Gasteiger partial charge in [-0.15, -0.1) is 0 Å². The van der Waals surface area contributed by atoms with Gasteiger partial charge in [0.1, 0.15) is 5.02 Å². The van der Waals surface area contributed by atoms with E-state index in [1.54, 1.807) is 30.3 Å². The summed E-state index contributed by atoms with van der Waals surface area (Å²) < 4.78 is 0. The van der Waals surface area contributed by atoms with Crippen molar-refractivity contribution in [3.8, 4) is 0 Å². The molecule has 2 aromatic carbocycles. The minimum atomic E-state index is -0.590. The molecule has 0 aliphatic carbocycles. The van der Waals surface area contributed by atoms with Crippen molar-refractivity contribution in [1.82, 2.24) is 5.32 Å². The Labute approximate surface area is 170 Å². The number of hydrogen-bond acceptors (Lipinski definition) is 5. The highest BCUT2D eigenvalue weighted by atomic mass is 35.5. The van der Waals surface area contributed by atoms with Crippen LogP contribution in [0.2, 0.25) is 5.02 Å². The van der Waals surface area contributed by atoms with Crippen LogP contribution in [0.25, 0.3) is 6.08 Å². The van der Waals surface area contributed by atoms with Crippen LogP contribution in [0.3, 0.4) is 0 Å². The molecule has 10 heteroatoms. The maximum absolute atomic E-state index is 12.0. The Kier molecular flexibility index (Phi) is 7.19. The van der Waals surface area contributed by atoms with E-state index in [0.717, 1.165) is 0 Å². The molecule has 0 unspecified atom stereocenters. The van der Waals surface area contributed by atoms with Gasteiger partial charge in [-0.2, -0.15) is 0 Å². The quantitative estimate of drug-likeness (QED) is 0.295. The largest absolute Gasteiger partial charge is 0.332 e. The van der Waals surface area contributed by atoms with E-state index in [2.05, 4.69) is 16.0 Å². The van der Waals surface area contributed by atoms with E-state index in [9.17, 15) is 19.7 Å². The minimum absolute atomic E-state index is 0.0262. The van der Waals surface area contributed by atoms with E-state index in [4.69, 9.17) is 23.8 Å². The summed E-state index contributed by atoms with van der Waals surface area (Å²) in [6.07, 6.45) is 2.70. The van der Waals surface area contributed by atoms with Gasteiger partial charge in [0, 0.05) is 30.4 Å². The molecule has 144 valence electrons. The minimum Gasteiger partial charge on any atom is -0.332 e. The number of amides is 2. The molecule has 2 amide bonds. The van der Waals surface area contributed by atoms with Gasteiger partial charge in [0.05, 0.1) is 4.92 Å². The van der Waals surface area contributed by atoms with Crippen LogP contribution in [0.1, 0.15) is 12.5 Å². The Bertz CT molecular complexity index is 961. The molecule has 28 heavy (non-hydrogen) atoms. The third-order valence-electron chi connectivity index (χ3n) is 3.29. The standard InChI is InChI=1S/C18H15ClN4O4S/c1-11(24)20-18(28)22-14-6-4-13(5-7-14)21-17(25)9-3-12-2-8-15(19)16(10-12)23(26)27/h2-10H,1H3,(H,21,25)(H2,20,22,24,28)/b9-3+. The first-order chi connectivity index (χ1) is 13.2. The molecule has 0 radical (unpaired) electrons. The normalized spacial score (nSPS) is 10.4. The third-order valence-corrected chi connectivity index (χ3v) is 3.82. The molecule has 0 atom stereocenters. The molecule has 0 saturated carbocycles. The Morgan fingerprint density at radius 1 is 1.11 bits per heavy atom. The van der Waals surface area contributed by atoms with Gasteiger partial charge in [-0.3, -0.25) is 19.7 Å². The number of carbonyl (C=O) groups excluding carboxylic acids is 2. The lowest BCUT2D eigenvalue weighted by molar-refractivity contribution is -0.384. The lowest BCUT2D eigenvalue weighted by Crippen LogP contribution is -2.32. The number of halogens is 1. The number of rotatable bonds is 5. The summed E-state index contributed by atoms with van der Waals surface area (Å²) in [4.78, 5) is 33.2. The molecule has 0 aliphatic rings. The highest BCUT2D eigenvalue weighted by Gasteiger charge is 2.11. The topological polar surface area (TPSA) is 113 Å². The average molecular weight is 419 g/mol. The van der Waals surface area contributed by atoms with Gasteiger partial charge < -0.3 is 16.0 Å². The zero-order valence-electron chi connectivity index (χ0n) is 14.6. The number of nitrogens with zero attached hydrogens (tertiary/aromatic N) is 1. The lowest BCUT2D eigenvalue weighted by Gasteiger charge is -2.09. The monoisotopic (exact) mass is 418 g/mol. The summed E-state index contributed by atoms with van der Waals surface area (Å²) in [5.74, 6) is -0.689. The second kappa shape index (κ2) is 9.58. The van der Waals surface area contributed by atoms with Crippen LogP contribution in [0, 0.1) is 10.1 Å². The van der Waals surface area contributed by atoms with Crippen molar-refractivity contribution in [2.24, 2.45) is 0 Å². The smallest absolute Gasteiger partial charge is 0.288 e. The molecule has 0 fully saturated rings. The molecular weight excluding hydrogens is 404 g/mol. The van der Waals surface area contributed by atoms with Crippen molar-refractivity contribution in [1.29, 1.82) is 0 Å². The molecule has 0 aromatic heterocycles. The van der Waals surface area contributed by atoms with Crippen LogP contribution in [0.15, 0.2) is 48.5 Å². The van der Waals surface area contributed by atoms with Crippen LogP contribution in [-0.2, 0) is 9.59 Å². The highest BCUT2D eigenvalue weighted by molar-refractivity contribution is 7.80. The molecule has 2 rings (SSSR count). The van der Waals surface area contributed by atoms with Crippen LogP contribution >= 0.6 is 23.8 Å². The predicted octanol–water partition coefficient (Wildman–Crippen LogP) is 3.73. The summed E-state index contributed by atoms with van der Waals surface area (Å²) in [5, 5.41) is 19.0. The van der Waals surface area contributed by atoms with Crippen LogP contribution in [0.5, 0.6) is 0 Å². The number of nitro groups is 1. The third kappa shape index (κ3) is 6.45. The van der Waals surface area contributed by atoms with Crippen molar-refractivity contribution in [2.75, 3.05) is 10.6 Å². The summed E-state index contributed by atoms with van der Waals surface area (Å²) in [5.41, 5.74) is 1.41. The molecule has 3 N–H and O–H groups in total. The number of carbonyl (C=O) groups is 2. The summed E-state index contributed by atoms with van der Waals surface area (Å²) in [7, 11) is 0. The Hall–Kier alpha value is -3.30. The number of hydrogen-bond donors (Lipinski definition) is 3. The SMILES string of the molecule is CC(=O)NC(=S)Nc1ccc(NC(=O)/C=C/c2ccc(Cl)c([N+](=O)[O-])c2)cc1. The van der Waals surface area contributed by atoms with E-state index < -0.39 is 10.8 Å². The molecule has 0 saturated heterocycles. The fourth-order valence-electron chi connectivity index (χ4n) is 2.09. The van der Waals surface area contributed by atoms with E-state index in [0.29, 0.717) is 16.9 Å². The van der Waals surface area contributed by atoms with Gasteiger partial charge in [-0.25, -0.2) is 0 Å². The van der Waals surface area contributed by atoms with E-state index in [-0.39, 0.29) is 21.7 Å². The van der Waals surface area contributed by atoms with Gasteiger partial charge in [0.25, 0.3) is 5.69 Å². The first kappa shape index (κ1) is 21.0. The Morgan fingerprint density at radius 3 is 2.29 bits per heavy atom. The van der Waals surface area contributed by atoms with E-state index >= 15 is 0 Å².